The summed E-state index contributed by atoms with van der Waals surface area (Å²) in [5, 5.41) is 0. The Labute approximate surface area is 108 Å². The molecule has 3 heteroatoms. The normalized spacial score (nSPS) is 20.3. The van der Waals surface area contributed by atoms with Gasteiger partial charge in [-0.1, -0.05) is 13.0 Å². The van der Waals surface area contributed by atoms with Crippen molar-refractivity contribution in [1.82, 2.24) is 0 Å². The summed E-state index contributed by atoms with van der Waals surface area (Å²) >= 11 is 0. The molecule has 2 aliphatic rings. The zero-order valence-corrected chi connectivity index (χ0v) is 11.0. The quantitative estimate of drug-likeness (QED) is 0.801. The summed E-state index contributed by atoms with van der Waals surface area (Å²) in [7, 11) is 0. The highest BCUT2D eigenvalue weighted by atomic mass is 16.5. The highest BCUT2D eigenvalue weighted by Crippen LogP contribution is 2.46. The summed E-state index contributed by atoms with van der Waals surface area (Å²) in [4.78, 5) is 14.5. The molecule has 1 amide bonds. The molecule has 0 atom stereocenters. The van der Waals surface area contributed by atoms with Crippen LogP contribution in [0.25, 0.3) is 0 Å². The molecule has 0 saturated heterocycles. The van der Waals surface area contributed by atoms with Gasteiger partial charge >= 0.3 is 0 Å². The van der Waals surface area contributed by atoms with Crippen LogP contribution >= 0.6 is 0 Å². The third kappa shape index (κ3) is 1.53. The second-order valence-electron chi connectivity index (χ2n) is 5.38. The fourth-order valence-corrected chi connectivity index (χ4v) is 2.79. The van der Waals surface area contributed by atoms with Crippen molar-refractivity contribution in [3.8, 4) is 5.75 Å². The Hall–Kier alpha value is -1.51. The summed E-state index contributed by atoms with van der Waals surface area (Å²) in [6.07, 6.45) is 3.78. The molecular formula is C15H19NO2. The van der Waals surface area contributed by atoms with Crippen LogP contribution in [0.3, 0.4) is 0 Å². The lowest BCUT2D eigenvalue weighted by Crippen LogP contribution is -2.60. The van der Waals surface area contributed by atoms with Crippen molar-refractivity contribution in [2.45, 2.75) is 45.1 Å². The third-order valence-electron chi connectivity index (χ3n) is 3.95. The van der Waals surface area contributed by atoms with E-state index in [4.69, 9.17) is 4.74 Å². The van der Waals surface area contributed by atoms with Crippen LogP contribution in [0, 0.1) is 6.92 Å². The first kappa shape index (κ1) is 11.6. The highest BCUT2D eigenvalue weighted by molar-refractivity contribution is 6.03. The summed E-state index contributed by atoms with van der Waals surface area (Å²) in [6, 6.07) is 6.09. The number of nitrogens with zero attached hydrogens (tertiary/aromatic N) is 1. The number of amides is 1. The van der Waals surface area contributed by atoms with Gasteiger partial charge in [-0.25, -0.2) is 0 Å². The molecule has 0 radical (unpaired) electrons. The first-order valence-electron chi connectivity index (χ1n) is 6.78. The summed E-state index contributed by atoms with van der Waals surface area (Å²) in [5.74, 6) is 1.04. The van der Waals surface area contributed by atoms with E-state index in [1.807, 2.05) is 23.1 Å². The van der Waals surface area contributed by atoms with E-state index in [-0.39, 0.29) is 5.91 Å². The standard InChI is InChI=1S/C15H19NO2/c1-3-9-16-12-6-5-11(2)10-13(12)18-15(14(16)17)7-4-8-15/h5-6,10H,3-4,7-9H2,1-2H3. The van der Waals surface area contributed by atoms with E-state index in [1.165, 1.54) is 5.56 Å². The van der Waals surface area contributed by atoms with E-state index < -0.39 is 5.60 Å². The molecule has 0 unspecified atom stereocenters. The lowest BCUT2D eigenvalue weighted by atomic mass is 9.77. The van der Waals surface area contributed by atoms with Crippen LogP contribution in [0.4, 0.5) is 5.69 Å². The van der Waals surface area contributed by atoms with Gasteiger partial charge < -0.3 is 9.64 Å². The van der Waals surface area contributed by atoms with Gasteiger partial charge in [0.25, 0.3) is 5.91 Å². The van der Waals surface area contributed by atoms with Crippen LogP contribution in [-0.2, 0) is 4.79 Å². The van der Waals surface area contributed by atoms with Crippen molar-refractivity contribution >= 4 is 11.6 Å². The summed E-state index contributed by atoms with van der Waals surface area (Å²) in [5.41, 5.74) is 1.56. The first-order valence-corrected chi connectivity index (χ1v) is 6.78. The number of ether oxygens (including phenoxy) is 1. The fourth-order valence-electron chi connectivity index (χ4n) is 2.79. The van der Waals surface area contributed by atoms with Crippen LogP contribution < -0.4 is 9.64 Å². The van der Waals surface area contributed by atoms with Crippen molar-refractivity contribution in [3.63, 3.8) is 0 Å². The van der Waals surface area contributed by atoms with Crippen molar-refractivity contribution in [1.29, 1.82) is 0 Å². The van der Waals surface area contributed by atoms with Crippen molar-refractivity contribution in [3.05, 3.63) is 23.8 Å². The zero-order valence-electron chi connectivity index (χ0n) is 11.0. The maximum atomic E-state index is 12.6. The van der Waals surface area contributed by atoms with Gasteiger partial charge in [-0.15, -0.1) is 0 Å². The number of rotatable bonds is 2. The Bertz CT molecular complexity index is 491. The molecule has 0 aromatic heterocycles. The minimum Gasteiger partial charge on any atom is -0.475 e. The van der Waals surface area contributed by atoms with E-state index >= 15 is 0 Å². The predicted molar refractivity (Wildman–Crippen MR) is 71.0 cm³/mol. The van der Waals surface area contributed by atoms with Gasteiger partial charge in [-0.2, -0.15) is 0 Å². The van der Waals surface area contributed by atoms with Gasteiger partial charge in [-0.05, 0) is 50.3 Å². The number of carbonyl (C=O) groups excluding carboxylic acids is 1. The van der Waals surface area contributed by atoms with E-state index in [1.54, 1.807) is 0 Å². The second-order valence-corrected chi connectivity index (χ2v) is 5.38. The molecule has 18 heavy (non-hydrogen) atoms. The summed E-state index contributed by atoms with van der Waals surface area (Å²) in [6.45, 7) is 4.93. The monoisotopic (exact) mass is 245 g/mol. The van der Waals surface area contributed by atoms with Crippen molar-refractivity contribution < 1.29 is 9.53 Å². The number of anilines is 1. The van der Waals surface area contributed by atoms with E-state index in [0.717, 1.165) is 43.7 Å². The number of aryl methyl sites for hydroxylation is 1. The number of carbonyl (C=O) groups is 1. The second kappa shape index (κ2) is 4.01. The number of hydrogen-bond acceptors (Lipinski definition) is 2. The molecular weight excluding hydrogens is 226 g/mol. The number of hydrogen-bond donors (Lipinski definition) is 0. The van der Waals surface area contributed by atoms with Gasteiger partial charge in [0.2, 0.25) is 0 Å². The smallest absolute Gasteiger partial charge is 0.271 e. The average Bonchev–Trinajstić information content (AvgIpc) is 2.30. The topological polar surface area (TPSA) is 29.5 Å². The number of benzene rings is 1. The Balaban J connectivity index is 2.06. The van der Waals surface area contributed by atoms with Crippen LogP contribution in [0.15, 0.2) is 18.2 Å². The molecule has 1 saturated carbocycles. The van der Waals surface area contributed by atoms with Crippen LogP contribution in [-0.4, -0.2) is 18.1 Å². The van der Waals surface area contributed by atoms with Crippen LogP contribution in [0.2, 0.25) is 0 Å². The molecule has 1 aromatic carbocycles. The Morgan fingerprint density at radius 2 is 2.17 bits per heavy atom. The molecule has 1 aromatic rings. The van der Waals surface area contributed by atoms with Gasteiger partial charge in [-0.3, -0.25) is 4.79 Å². The van der Waals surface area contributed by atoms with Gasteiger partial charge in [0.05, 0.1) is 5.69 Å². The fraction of sp³-hybridized carbons (Fsp3) is 0.533. The SMILES string of the molecule is CCCN1C(=O)C2(CCC2)Oc2cc(C)ccc21. The van der Waals surface area contributed by atoms with E-state index in [0.29, 0.717) is 0 Å². The molecule has 3 nitrogen and oxygen atoms in total. The molecule has 0 bridgehead atoms. The van der Waals surface area contributed by atoms with E-state index in [2.05, 4.69) is 13.8 Å². The third-order valence-corrected chi connectivity index (χ3v) is 3.95. The lowest BCUT2D eigenvalue weighted by Gasteiger charge is -2.47. The molecule has 1 heterocycles. The Kier molecular flexibility index (Phi) is 2.58. The molecule has 1 spiro atoms. The summed E-state index contributed by atoms with van der Waals surface area (Å²) < 4.78 is 6.03. The van der Waals surface area contributed by atoms with Gasteiger partial charge in [0.1, 0.15) is 5.75 Å². The maximum absolute atomic E-state index is 12.6. The molecule has 96 valence electrons. The minimum absolute atomic E-state index is 0.159. The predicted octanol–water partition coefficient (Wildman–Crippen LogP) is 3.05. The Morgan fingerprint density at radius 3 is 2.78 bits per heavy atom. The molecule has 1 aliphatic heterocycles. The molecule has 1 fully saturated rings. The first-order chi connectivity index (χ1) is 8.66. The highest BCUT2D eigenvalue weighted by Gasteiger charge is 2.52. The zero-order chi connectivity index (χ0) is 12.8. The van der Waals surface area contributed by atoms with Crippen LogP contribution in [0.5, 0.6) is 5.75 Å². The van der Waals surface area contributed by atoms with Crippen molar-refractivity contribution in [2.75, 3.05) is 11.4 Å². The number of fused-ring (bicyclic) bond motifs is 1. The van der Waals surface area contributed by atoms with Gasteiger partial charge in [0, 0.05) is 6.54 Å². The lowest BCUT2D eigenvalue weighted by molar-refractivity contribution is -0.143. The molecule has 0 N–H and O–H groups in total. The average molecular weight is 245 g/mol. The van der Waals surface area contributed by atoms with E-state index in [9.17, 15) is 4.79 Å². The van der Waals surface area contributed by atoms with Crippen molar-refractivity contribution in [2.24, 2.45) is 0 Å². The molecule has 1 aliphatic carbocycles. The van der Waals surface area contributed by atoms with Crippen LogP contribution in [0.1, 0.15) is 38.2 Å². The molecule has 3 rings (SSSR count). The maximum Gasteiger partial charge on any atom is 0.271 e. The Morgan fingerprint density at radius 1 is 1.39 bits per heavy atom. The minimum atomic E-state index is -0.546. The largest absolute Gasteiger partial charge is 0.475 e. The van der Waals surface area contributed by atoms with Gasteiger partial charge in [0.15, 0.2) is 5.60 Å².